The van der Waals surface area contributed by atoms with Crippen LogP contribution < -0.4 is 0 Å². The maximum absolute atomic E-state index is 8.00. The van der Waals surface area contributed by atoms with Gasteiger partial charge < -0.3 is 24.5 Å². The Morgan fingerprint density at radius 2 is 1.20 bits per heavy atom. The van der Waals surface area contributed by atoms with E-state index in [1.54, 1.807) is 13.8 Å². The van der Waals surface area contributed by atoms with E-state index in [9.17, 15) is 0 Å². The molecular weight excluding hydrogens is 544 g/mol. The Hall–Kier alpha value is 0.887. The number of carbonyl (C=O) groups is 1. The number of carbonyl (C=O) groups excluding carboxylic acids is 1. The van der Waals surface area contributed by atoms with Crippen LogP contribution in [0, 0.1) is 0 Å². The Kier molecular flexibility index (Phi) is 91.4. The third kappa shape index (κ3) is 71.3. The second-order valence-electron chi connectivity index (χ2n) is 1.57. The zero-order valence-electron chi connectivity index (χ0n) is 9.18. The molecule has 1 rings (SSSR count). The van der Waals surface area contributed by atoms with E-state index >= 15 is 0 Å². The van der Waals surface area contributed by atoms with Crippen LogP contribution in [0.1, 0.15) is 13.8 Å². The first-order valence-electron chi connectivity index (χ1n) is 3.99. The molecular formula is C8H20O5W2. The number of aliphatic hydroxyl groups excluding tert-OH is 2. The van der Waals surface area contributed by atoms with E-state index in [0.717, 1.165) is 13.2 Å². The van der Waals surface area contributed by atoms with Crippen LogP contribution >= 0.6 is 0 Å². The van der Waals surface area contributed by atoms with Crippen LogP contribution in [-0.4, -0.2) is 50.2 Å². The Bertz CT molecular complexity index is 55.4. The van der Waals surface area contributed by atoms with E-state index < -0.39 is 0 Å². The van der Waals surface area contributed by atoms with Crippen molar-refractivity contribution in [3.05, 3.63) is 0 Å². The van der Waals surface area contributed by atoms with Crippen LogP contribution in [0.15, 0.2) is 0 Å². The summed E-state index contributed by atoms with van der Waals surface area (Å²) in [5.41, 5.74) is 0. The summed E-state index contributed by atoms with van der Waals surface area (Å²) in [6.07, 6.45) is 0. The molecule has 0 atom stereocenters. The molecule has 0 aliphatic carbocycles. The molecule has 1 saturated heterocycles. The van der Waals surface area contributed by atoms with Crippen LogP contribution in [0.4, 0.5) is 0 Å². The van der Waals surface area contributed by atoms with Crippen LogP contribution in [0.3, 0.4) is 0 Å². The first-order valence-corrected chi connectivity index (χ1v) is 3.99. The van der Waals surface area contributed by atoms with Gasteiger partial charge >= 0.3 is 0 Å². The third-order valence-electron chi connectivity index (χ3n) is 0.539. The van der Waals surface area contributed by atoms with Crippen molar-refractivity contribution in [3.8, 4) is 0 Å². The molecule has 1 aliphatic rings. The second-order valence-corrected chi connectivity index (χ2v) is 1.57. The zero-order valence-corrected chi connectivity index (χ0v) is 15.0. The van der Waals surface area contributed by atoms with E-state index in [4.69, 9.17) is 24.5 Å². The molecule has 0 unspecified atom stereocenters. The van der Waals surface area contributed by atoms with Crippen molar-refractivity contribution in [3.63, 3.8) is 0 Å². The predicted octanol–water partition coefficient (Wildman–Crippen LogP) is -0.202. The number of aliphatic hydroxyl groups is 2. The summed E-state index contributed by atoms with van der Waals surface area (Å²) in [7, 11) is 0. The number of ether oxygens (including phenoxy) is 2. The normalized spacial score (nSPS) is 10.7. The average molecular weight is 564 g/mol. The number of hydrogen-bond acceptors (Lipinski definition) is 5. The molecule has 1 aliphatic heterocycles. The SMILES string of the molecule is C1COCO1.C=O.CCO.CCO.[W].[W]. The first kappa shape index (κ1) is 29.7. The van der Waals surface area contributed by atoms with Gasteiger partial charge in [-0.2, -0.15) is 0 Å². The maximum Gasteiger partial charge on any atom is 0.146 e. The molecule has 0 aromatic rings. The zero-order chi connectivity index (χ0) is 10.9. The summed E-state index contributed by atoms with van der Waals surface area (Å²) < 4.78 is 9.44. The Morgan fingerprint density at radius 3 is 1.27 bits per heavy atom. The molecule has 5 nitrogen and oxygen atoms in total. The second kappa shape index (κ2) is 46.2. The molecule has 1 fully saturated rings. The molecule has 0 amide bonds. The summed E-state index contributed by atoms with van der Waals surface area (Å²) in [4.78, 5) is 8.00. The monoisotopic (exact) mass is 564 g/mol. The minimum absolute atomic E-state index is 0. The topological polar surface area (TPSA) is 76.0 Å². The molecule has 2 N–H and O–H groups in total. The minimum atomic E-state index is 0. The maximum atomic E-state index is 8.00. The van der Waals surface area contributed by atoms with E-state index in [1.165, 1.54) is 0 Å². The fourth-order valence-corrected chi connectivity index (χ4v) is 0.295. The van der Waals surface area contributed by atoms with Gasteiger partial charge in [-0.3, -0.25) is 0 Å². The molecule has 0 radical (unpaired) electrons. The molecule has 0 spiro atoms. The van der Waals surface area contributed by atoms with Gasteiger partial charge in [0.15, 0.2) is 0 Å². The molecule has 0 aromatic carbocycles. The number of hydrogen-bond donors (Lipinski definition) is 2. The fraction of sp³-hybridized carbons (Fsp3) is 0.875. The van der Waals surface area contributed by atoms with Gasteiger partial charge in [-0.05, 0) is 13.8 Å². The van der Waals surface area contributed by atoms with Crippen molar-refractivity contribution in [2.75, 3.05) is 33.2 Å². The molecule has 7 heteroatoms. The van der Waals surface area contributed by atoms with Gasteiger partial charge in [-0.1, -0.05) is 0 Å². The molecule has 0 saturated carbocycles. The van der Waals surface area contributed by atoms with E-state index in [2.05, 4.69) is 0 Å². The summed E-state index contributed by atoms with van der Waals surface area (Å²) >= 11 is 0. The van der Waals surface area contributed by atoms with Crippen LogP contribution in [0.25, 0.3) is 0 Å². The van der Waals surface area contributed by atoms with Crippen LogP contribution in [0.5, 0.6) is 0 Å². The predicted molar refractivity (Wildman–Crippen MR) is 49.4 cm³/mol. The van der Waals surface area contributed by atoms with Gasteiger partial charge in [-0.25, -0.2) is 0 Å². The summed E-state index contributed by atoms with van der Waals surface area (Å²) in [5, 5.41) is 15.1. The minimum Gasteiger partial charge on any atom is -0.397 e. The van der Waals surface area contributed by atoms with E-state index in [0.29, 0.717) is 6.79 Å². The van der Waals surface area contributed by atoms with Crippen molar-refractivity contribution in [2.24, 2.45) is 0 Å². The van der Waals surface area contributed by atoms with Crippen molar-refractivity contribution in [1.29, 1.82) is 0 Å². The largest absolute Gasteiger partial charge is 0.397 e. The molecule has 0 aromatic heterocycles. The van der Waals surface area contributed by atoms with Crippen molar-refractivity contribution in [2.45, 2.75) is 13.8 Å². The quantitative estimate of drug-likeness (QED) is 0.427. The average Bonchev–Trinajstić information content (AvgIpc) is 2.66. The molecule has 15 heavy (non-hydrogen) atoms. The summed E-state index contributed by atoms with van der Waals surface area (Å²) in [5.74, 6) is 0. The van der Waals surface area contributed by atoms with Gasteiger partial charge in [0.05, 0.1) is 13.2 Å². The van der Waals surface area contributed by atoms with Crippen molar-refractivity contribution >= 4 is 6.79 Å². The standard InChI is InChI=1S/C3H6O2.2C2H6O.CH2O.2W/c1-2-5-3-4-1;2*1-2-3;1-2;;/h1-3H2;2*3H,2H2,1H3;1H2;;. The van der Waals surface area contributed by atoms with Gasteiger partial charge in [-0.15, -0.1) is 0 Å². The fourth-order valence-electron chi connectivity index (χ4n) is 0.295. The van der Waals surface area contributed by atoms with Crippen LogP contribution in [0.2, 0.25) is 0 Å². The first-order chi connectivity index (χ1) is 6.33. The molecule has 1 heterocycles. The third-order valence-corrected chi connectivity index (χ3v) is 0.539. The van der Waals surface area contributed by atoms with Gasteiger partial charge in [0.1, 0.15) is 13.6 Å². The van der Waals surface area contributed by atoms with E-state index in [-0.39, 0.29) is 55.3 Å². The molecule has 0 bridgehead atoms. The summed E-state index contributed by atoms with van der Waals surface area (Å²) in [6.45, 7) is 7.92. The number of rotatable bonds is 0. The Labute approximate surface area is 120 Å². The Morgan fingerprint density at radius 1 is 1.00 bits per heavy atom. The van der Waals surface area contributed by atoms with Crippen LogP contribution in [-0.2, 0) is 56.4 Å². The summed E-state index contributed by atoms with van der Waals surface area (Å²) in [6, 6.07) is 0. The van der Waals surface area contributed by atoms with Gasteiger partial charge in [0.25, 0.3) is 0 Å². The van der Waals surface area contributed by atoms with Gasteiger partial charge in [0.2, 0.25) is 0 Å². The van der Waals surface area contributed by atoms with Crippen molar-refractivity contribution < 1.29 is 66.6 Å². The molecule has 94 valence electrons. The van der Waals surface area contributed by atoms with Crippen molar-refractivity contribution in [1.82, 2.24) is 0 Å². The smallest absolute Gasteiger partial charge is 0.146 e. The van der Waals surface area contributed by atoms with Gasteiger partial charge in [0, 0.05) is 55.3 Å². The van der Waals surface area contributed by atoms with E-state index in [1.807, 2.05) is 6.79 Å². The Balaban J connectivity index is -0.0000000303.